The molecule has 0 aliphatic heterocycles. The van der Waals surface area contributed by atoms with E-state index in [-0.39, 0.29) is 5.82 Å². The molecule has 6 nitrogen and oxygen atoms in total. The van der Waals surface area contributed by atoms with Crippen LogP contribution >= 0.6 is 11.6 Å². The lowest BCUT2D eigenvalue weighted by atomic mass is 10.1. The maximum absolute atomic E-state index is 12.9. The van der Waals surface area contributed by atoms with E-state index in [9.17, 15) is 4.39 Å². The van der Waals surface area contributed by atoms with Gasteiger partial charge in [-0.15, -0.1) is 5.10 Å². The molecular formula is C18H17ClFN5O. The van der Waals surface area contributed by atoms with E-state index in [2.05, 4.69) is 25.8 Å². The summed E-state index contributed by atoms with van der Waals surface area (Å²) < 4.78 is 18.0. The Morgan fingerprint density at radius 3 is 2.69 bits per heavy atom. The van der Waals surface area contributed by atoms with Crippen molar-refractivity contribution < 1.29 is 9.13 Å². The number of methoxy groups -OCH3 is 1. The predicted molar refractivity (Wildman–Crippen MR) is 99.7 cm³/mol. The molecule has 0 aliphatic carbocycles. The first-order chi connectivity index (χ1) is 12.6. The summed E-state index contributed by atoms with van der Waals surface area (Å²) in [5, 5.41) is 14.6. The second-order valence-electron chi connectivity index (χ2n) is 5.44. The van der Waals surface area contributed by atoms with E-state index in [1.165, 1.54) is 18.3 Å². The van der Waals surface area contributed by atoms with E-state index in [0.29, 0.717) is 29.1 Å². The van der Waals surface area contributed by atoms with Gasteiger partial charge in [0.15, 0.2) is 5.82 Å². The van der Waals surface area contributed by atoms with Crippen LogP contribution in [0.4, 0.5) is 21.8 Å². The molecule has 0 atom stereocenters. The van der Waals surface area contributed by atoms with Crippen LogP contribution in [-0.4, -0.2) is 28.8 Å². The van der Waals surface area contributed by atoms with Gasteiger partial charge in [-0.2, -0.15) is 10.1 Å². The fourth-order valence-electron chi connectivity index (χ4n) is 2.30. The minimum absolute atomic E-state index is 0.244. The van der Waals surface area contributed by atoms with Crippen molar-refractivity contribution in [3.05, 3.63) is 65.1 Å². The SMILES string of the molecule is COc1ccc(Nc2cnnc(NCCc3ccc(F)cc3)n2)cc1Cl. The Hall–Kier alpha value is -2.93. The molecule has 0 bridgehead atoms. The van der Waals surface area contributed by atoms with Crippen LogP contribution < -0.4 is 15.4 Å². The van der Waals surface area contributed by atoms with Gasteiger partial charge < -0.3 is 15.4 Å². The summed E-state index contributed by atoms with van der Waals surface area (Å²) in [6, 6.07) is 11.7. The summed E-state index contributed by atoms with van der Waals surface area (Å²) >= 11 is 6.11. The minimum atomic E-state index is -0.244. The second-order valence-corrected chi connectivity index (χ2v) is 5.85. The molecule has 2 aromatic carbocycles. The van der Waals surface area contributed by atoms with Crippen LogP contribution in [-0.2, 0) is 6.42 Å². The topological polar surface area (TPSA) is 72.0 Å². The third-order valence-electron chi connectivity index (χ3n) is 3.59. The summed E-state index contributed by atoms with van der Waals surface area (Å²) in [6.07, 6.45) is 2.23. The fourth-order valence-corrected chi connectivity index (χ4v) is 2.56. The van der Waals surface area contributed by atoms with Crippen molar-refractivity contribution in [2.24, 2.45) is 0 Å². The smallest absolute Gasteiger partial charge is 0.244 e. The summed E-state index contributed by atoms with van der Waals surface area (Å²) in [5.74, 6) is 1.29. The highest BCUT2D eigenvalue weighted by atomic mass is 35.5. The molecule has 0 saturated heterocycles. The third-order valence-corrected chi connectivity index (χ3v) is 3.89. The molecule has 134 valence electrons. The molecule has 0 amide bonds. The molecule has 1 aromatic heterocycles. The molecule has 26 heavy (non-hydrogen) atoms. The number of nitrogens with zero attached hydrogens (tertiary/aromatic N) is 3. The molecule has 0 saturated carbocycles. The Morgan fingerprint density at radius 2 is 1.96 bits per heavy atom. The summed E-state index contributed by atoms with van der Waals surface area (Å²) in [7, 11) is 1.56. The first kappa shape index (κ1) is 17.9. The highest BCUT2D eigenvalue weighted by Gasteiger charge is 2.05. The van der Waals surface area contributed by atoms with Crippen molar-refractivity contribution >= 4 is 29.1 Å². The largest absolute Gasteiger partial charge is 0.495 e. The van der Waals surface area contributed by atoms with Crippen molar-refractivity contribution in [3.63, 3.8) is 0 Å². The van der Waals surface area contributed by atoms with Gasteiger partial charge in [-0.25, -0.2) is 4.39 Å². The summed E-state index contributed by atoms with van der Waals surface area (Å²) in [4.78, 5) is 4.36. The monoisotopic (exact) mass is 373 g/mol. The van der Waals surface area contributed by atoms with Crippen molar-refractivity contribution in [2.75, 3.05) is 24.3 Å². The van der Waals surface area contributed by atoms with Crippen molar-refractivity contribution in [1.82, 2.24) is 15.2 Å². The average Bonchev–Trinajstić information content (AvgIpc) is 2.64. The Bertz CT molecular complexity index is 876. The van der Waals surface area contributed by atoms with Crippen molar-refractivity contribution in [2.45, 2.75) is 6.42 Å². The van der Waals surface area contributed by atoms with Crippen molar-refractivity contribution in [3.8, 4) is 5.75 Å². The number of rotatable bonds is 7. The molecule has 0 fully saturated rings. The molecule has 3 aromatic rings. The predicted octanol–water partition coefficient (Wildman–Crippen LogP) is 4.07. The molecule has 0 aliphatic rings. The molecule has 0 radical (unpaired) electrons. The van der Waals surface area contributed by atoms with Gasteiger partial charge in [-0.1, -0.05) is 23.7 Å². The van der Waals surface area contributed by atoms with Crippen LogP contribution in [0.3, 0.4) is 0 Å². The van der Waals surface area contributed by atoms with Crippen LogP contribution in [0.2, 0.25) is 5.02 Å². The van der Waals surface area contributed by atoms with Gasteiger partial charge in [-0.05, 0) is 42.3 Å². The van der Waals surface area contributed by atoms with Crippen LogP contribution in [0.15, 0.2) is 48.7 Å². The molecule has 2 N–H and O–H groups in total. The molecule has 0 spiro atoms. The van der Waals surface area contributed by atoms with E-state index in [0.717, 1.165) is 17.7 Å². The van der Waals surface area contributed by atoms with Gasteiger partial charge in [0.25, 0.3) is 0 Å². The van der Waals surface area contributed by atoms with Crippen LogP contribution in [0.5, 0.6) is 5.75 Å². The molecule has 8 heteroatoms. The minimum Gasteiger partial charge on any atom is -0.495 e. The van der Waals surface area contributed by atoms with E-state index >= 15 is 0 Å². The van der Waals surface area contributed by atoms with E-state index in [1.54, 1.807) is 31.4 Å². The molecule has 1 heterocycles. The quantitative estimate of drug-likeness (QED) is 0.650. The van der Waals surface area contributed by atoms with E-state index in [1.807, 2.05) is 6.07 Å². The van der Waals surface area contributed by atoms with Crippen molar-refractivity contribution in [1.29, 1.82) is 0 Å². The normalized spacial score (nSPS) is 10.4. The Morgan fingerprint density at radius 1 is 1.15 bits per heavy atom. The van der Waals surface area contributed by atoms with Gasteiger partial charge >= 0.3 is 0 Å². The maximum Gasteiger partial charge on any atom is 0.244 e. The number of ether oxygens (including phenoxy) is 1. The second kappa shape index (κ2) is 8.44. The van der Waals surface area contributed by atoms with Gasteiger partial charge in [0.05, 0.1) is 18.3 Å². The zero-order valence-corrected chi connectivity index (χ0v) is 14.8. The summed E-state index contributed by atoms with van der Waals surface area (Å²) in [5.41, 5.74) is 1.78. The molecular weight excluding hydrogens is 357 g/mol. The Labute approximate surface area is 155 Å². The first-order valence-corrected chi connectivity index (χ1v) is 8.30. The lowest BCUT2D eigenvalue weighted by Crippen LogP contribution is -2.09. The lowest BCUT2D eigenvalue weighted by Gasteiger charge is -2.09. The van der Waals surface area contributed by atoms with E-state index < -0.39 is 0 Å². The van der Waals surface area contributed by atoms with Gasteiger partial charge in [0.2, 0.25) is 5.95 Å². The fraction of sp³-hybridized carbons (Fsp3) is 0.167. The third kappa shape index (κ3) is 4.80. The number of nitrogens with one attached hydrogen (secondary N) is 2. The zero-order valence-electron chi connectivity index (χ0n) is 14.0. The number of aromatic nitrogens is 3. The van der Waals surface area contributed by atoms with Gasteiger partial charge in [0, 0.05) is 12.2 Å². The Kier molecular flexibility index (Phi) is 5.80. The molecule has 3 rings (SSSR count). The van der Waals surface area contributed by atoms with Gasteiger partial charge in [0.1, 0.15) is 11.6 Å². The number of anilines is 3. The number of benzene rings is 2. The number of hydrogen-bond acceptors (Lipinski definition) is 6. The highest BCUT2D eigenvalue weighted by Crippen LogP contribution is 2.28. The first-order valence-electron chi connectivity index (χ1n) is 7.92. The Balaban J connectivity index is 1.59. The highest BCUT2D eigenvalue weighted by molar-refractivity contribution is 6.32. The summed E-state index contributed by atoms with van der Waals surface area (Å²) in [6.45, 7) is 0.602. The van der Waals surface area contributed by atoms with Crippen LogP contribution in [0, 0.1) is 5.82 Å². The zero-order chi connectivity index (χ0) is 18.4. The van der Waals surface area contributed by atoms with Crippen LogP contribution in [0.1, 0.15) is 5.56 Å². The standard InChI is InChI=1S/C18H17ClFN5O/c1-26-16-7-6-14(10-15(16)19)23-17-11-22-25-18(24-17)21-9-8-12-2-4-13(20)5-3-12/h2-7,10-11H,8-9H2,1H3,(H2,21,23,24,25). The lowest BCUT2D eigenvalue weighted by molar-refractivity contribution is 0.415. The number of halogens is 2. The average molecular weight is 374 g/mol. The van der Waals surface area contributed by atoms with Crippen LogP contribution in [0.25, 0.3) is 0 Å². The maximum atomic E-state index is 12.9. The number of hydrogen-bond donors (Lipinski definition) is 2. The van der Waals surface area contributed by atoms with Gasteiger partial charge in [-0.3, -0.25) is 0 Å². The molecule has 0 unspecified atom stereocenters. The van der Waals surface area contributed by atoms with E-state index in [4.69, 9.17) is 16.3 Å².